The van der Waals surface area contributed by atoms with Gasteiger partial charge in [0.15, 0.2) is 0 Å². The van der Waals surface area contributed by atoms with Crippen LogP contribution < -0.4 is 0 Å². The SMILES string of the molecule is CCCCCCCCCCCCCCCCCCSC(O)C(O)CO. The van der Waals surface area contributed by atoms with Crippen LogP contribution in [0.2, 0.25) is 0 Å². The van der Waals surface area contributed by atoms with Crippen molar-refractivity contribution in [3.63, 3.8) is 0 Å². The van der Waals surface area contributed by atoms with Gasteiger partial charge in [0.25, 0.3) is 0 Å². The van der Waals surface area contributed by atoms with E-state index in [1.807, 2.05) is 0 Å². The lowest BCUT2D eigenvalue weighted by Gasteiger charge is -2.14. The Bertz CT molecular complexity index is 251. The molecule has 152 valence electrons. The second-order valence-electron chi connectivity index (χ2n) is 7.31. The Morgan fingerprint density at radius 3 is 1.32 bits per heavy atom. The van der Waals surface area contributed by atoms with Crippen molar-refractivity contribution in [1.82, 2.24) is 0 Å². The van der Waals surface area contributed by atoms with E-state index in [0.717, 1.165) is 12.2 Å². The summed E-state index contributed by atoms with van der Waals surface area (Å²) in [4.78, 5) is 0. The van der Waals surface area contributed by atoms with Gasteiger partial charge < -0.3 is 15.3 Å². The van der Waals surface area contributed by atoms with Crippen LogP contribution in [-0.4, -0.2) is 39.2 Å². The number of thioether (sulfide) groups is 1. The smallest absolute Gasteiger partial charge is 0.127 e. The van der Waals surface area contributed by atoms with Crippen LogP contribution in [0.5, 0.6) is 0 Å². The van der Waals surface area contributed by atoms with E-state index in [0.29, 0.717) is 0 Å². The average Bonchev–Trinajstić information content (AvgIpc) is 2.63. The minimum atomic E-state index is -1.01. The fourth-order valence-corrected chi connectivity index (χ4v) is 3.98. The standard InChI is InChI=1S/C21H44O3S/c1-2-3-4-5-6-7-8-9-10-11-12-13-14-15-16-17-18-25-21(24)20(23)19-22/h20-24H,2-19H2,1H3. The molecule has 0 aromatic rings. The molecule has 0 saturated heterocycles. The summed E-state index contributed by atoms with van der Waals surface area (Å²) in [6.45, 7) is 1.91. The Kier molecular flexibility index (Phi) is 20.7. The molecule has 0 radical (unpaired) electrons. The summed E-state index contributed by atoms with van der Waals surface area (Å²) in [5, 5.41) is 27.5. The van der Waals surface area contributed by atoms with Gasteiger partial charge in [-0.25, -0.2) is 0 Å². The van der Waals surface area contributed by atoms with Gasteiger partial charge >= 0.3 is 0 Å². The number of hydrogen-bond acceptors (Lipinski definition) is 4. The highest BCUT2D eigenvalue weighted by Crippen LogP contribution is 2.16. The van der Waals surface area contributed by atoms with Crippen LogP contribution in [0.4, 0.5) is 0 Å². The second-order valence-corrected chi connectivity index (χ2v) is 8.54. The Hall–Kier alpha value is 0.230. The van der Waals surface area contributed by atoms with Crippen LogP contribution in [0, 0.1) is 0 Å². The van der Waals surface area contributed by atoms with Gasteiger partial charge in [0.1, 0.15) is 11.5 Å². The lowest BCUT2D eigenvalue weighted by atomic mass is 10.0. The van der Waals surface area contributed by atoms with E-state index >= 15 is 0 Å². The third-order valence-corrected chi connectivity index (χ3v) is 5.98. The fourth-order valence-electron chi connectivity index (χ4n) is 3.06. The molecular formula is C21H44O3S. The van der Waals surface area contributed by atoms with Crippen molar-refractivity contribution in [2.45, 2.75) is 121 Å². The predicted molar refractivity (Wildman–Crippen MR) is 111 cm³/mol. The van der Waals surface area contributed by atoms with E-state index in [-0.39, 0.29) is 6.61 Å². The molecule has 25 heavy (non-hydrogen) atoms. The number of aliphatic hydroxyl groups is 3. The lowest BCUT2D eigenvalue weighted by Crippen LogP contribution is -2.26. The van der Waals surface area contributed by atoms with Gasteiger partial charge in [-0.1, -0.05) is 103 Å². The third-order valence-electron chi connectivity index (χ3n) is 4.80. The van der Waals surface area contributed by atoms with Gasteiger partial charge in [0.2, 0.25) is 0 Å². The summed E-state index contributed by atoms with van der Waals surface area (Å²) in [5.74, 6) is 0.858. The minimum Gasteiger partial charge on any atom is -0.394 e. The maximum atomic E-state index is 9.50. The molecule has 4 heteroatoms. The number of hydrogen-bond donors (Lipinski definition) is 3. The second kappa shape index (κ2) is 20.5. The van der Waals surface area contributed by atoms with E-state index < -0.39 is 11.5 Å². The summed E-state index contributed by atoms with van der Waals surface area (Å²) in [6.07, 6.45) is 20.8. The Balaban J connectivity index is 3.07. The van der Waals surface area contributed by atoms with Crippen LogP contribution in [0.1, 0.15) is 110 Å². The maximum Gasteiger partial charge on any atom is 0.127 e. The summed E-state index contributed by atoms with van der Waals surface area (Å²) >= 11 is 1.34. The molecule has 0 spiro atoms. The van der Waals surface area contributed by atoms with Crippen molar-refractivity contribution in [3.05, 3.63) is 0 Å². The highest BCUT2D eigenvalue weighted by atomic mass is 32.2. The van der Waals surface area contributed by atoms with Crippen LogP contribution >= 0.6 is 11.8 Å². The molecule has 0 fully saturated rings. The van der Waals surface area contributed by atoms with Gasteiger partial charge in [-0.15, -0.1) is 11.8 Å². The first kappa shape index (κ1) is 25.2. The molecule has 0 heterocycles. The van der Waals surface area contributed by atoms with Gasteiger partial charge in [-0.3, -0.25) is 0 Å². The minimum absolute atomic E-state index is 0.368. The molecule has 0 aromatic heterocycles. The van der Waals surface area contributed by atoms with Crippen molar-refractivity contribution in [3.8, 4) is 0 Å². The number of aliphatic hydroxyl groups excluding tert-OH is 3. The monoisotopic (exact) mass is 376 g/mol. The molecule has 3 nitrogen and oxygen atoms in total. The predicted octanol–water partition coefficient (Wildman–Crippen LogP) is 5.65. The largest absolute Gasteiger partial charge is 0.394 e. The summed E-state index contributed by atoms with van der Waals surface area (Å²) in [5.41, 5.74) is -0.846. The Labute approximate surface area is 161 Å². The zero-order chi connectivity index (χ0) is 18.6. The van der Waals surface area contributed by atoms with E-state index in [1.54, 1.807) is 0 Å². The van der Waals surface area contributed by atoms with Crippen molar-refractivity contribution in [2.75, 3.05) is 12.4 Å². The normalized spacial score (nSPS) is 13.9. The molecule has 2 atom stereocenters. The van der Waals surface area contributed by atoms with Crippen LogP contribution in [0.3, 0.4) is 0 Å². The highest BCUT2D eigenvalue weighted by molar-refractivity contribution is 7.99. The number of rotatable bonds is 20. The summed E-state index contributed by atoms with van der Waals surface area (Å²) in [6, 6.07) is 0. The van der Waals surface area contributed by atoms with Crippen molar-refractivity contribution >= 4 is 11.8 Å². The molecular weight excluding hydrogens is 332 g/mol. The molecule has 0 amide bonds. The molecule has 0 aliphatic heterocycles. The van der Waals surface area contributed by atoms with Crippen molar-refractivity contribution < 1.29 is 15.3 Å². The van der Waals surface area contributed by atoms with E-state index in [9.17, 15) is 10.2 Å². The quantitative estimate of drug-likeness (QED) is 0.190. The first-order valence-electron chi connectivity index (χ1n) is 10.8. The third kappa shape index (κ3) is 18.8. The van der Waals surface area contributed by atoms with Crippen molar-refractivity contribution in [2.24, 2.45) is 0 Å². The first-order chi connectivity index (χ1) is 12.2. The van der Waals surface area contributed by atoms with Gasteiger partial charge in [0.05, 0.1) is 6.61 Å². The Morgan fingerprint density at radius 1 is 0.600 bits per heavy atom. The average molecular weight is 377 g/mol. The van der Waals surface area contributed by atoms with Crippen LogP contribution in [0.25, 0.3) is 0 Å². The summed E-state index contributed by atoms with van der Waals surface area (Å²) < 4.78 is 0. The highest BCUT2D eigenvalue weighted by Gasteiger charge is 2.14. The van der Waals surface area contributed by atoms with E-state index in [1.165, 1.54) is 108 Å². The molecule has 0 aliphatic rings. The first-order valence-corrected chi connectivity index (χ1v) is 11.9. The van der Waals surface area contributed by atoms with E-state index in [2.05, 4.69) is 6.92 Å². The van der Waals surface area contributed by atoms with E-state index in [4.69, 9.17) is 5.11 Å². The van der Waals surface area contributed by atoms with Crippen LogP contribution in [-0.2, 0) is 0 Å². The van der Waals surface area contributed by atoms with Gasteiger partial charge in [-0.05, 0) is 12.2 Å². The number of unbranched alkanes of at least 4 members (excludes halogenated alkanes) is 15. The molecule has 0 rings (SSSR count). The van der Waals surface area contributed by atoms with Gasteiger partial charge in [-0.2, -0.15) is 0 Å². The molecule has 0 aliphatic carbocycles. The molecule has 3 N–H and O–H groups in total. The zero-order valence-electron chi connectivity index (χ0n) is 16.6. The fraction of sp³-hybridized carbons (Fsp3) is 1.00. The lowest BCUT2D eigenvalue weighted by molar-refractivity contribution is 0.0285. The van der Waals surface area contributed by atoms with Gasteiger partial charge in [0, 0.05) is 0 Å². The van der Waals surface area contributed by atoms with Crippen molar-refractivity contribution in [1.29, 1.82) is 0 Å². The molecule has 2 unspecified atom stereocenters. The zero-order valence-corrected chi connectivity index (χ0v) is 17.4. The van der Waals surface area contributed by atoms with Crippen LogP contribution in [0.15, 0.2) is 0 Å². The Morgan fingerprint density at radius 2 is 0.960 bits per heavy atom. The molecule has 0 aromatic carbocycles. The topological polar surface area (TPSA) is 60.7 Å². The maximum absolute atomic E-state index is 9.50. The summed E-state index contributed by atoms with van der Waals surface area (Å²) in [7, 11) is 0. The molecule has 0 bridgehead atoms. The molecule has 0 saturated carbocycles.